The van der Waals surface area contributed by atoms with Gasteiger partial charge < -0.3 is 4.57 Å². The molecule has 32 heavy (non-hydrogen) atoms. The summed E-state index contributed by atoms with van der Waals surface area (Å²) in [6, 6.07) is 39.5. The van der Waals surface area contributed by atoms with Gasteiger partial charge in [-0.2, -0.15) is 0 Å². The molecule has 1 nitrogen and oxygen atoms in total. The summed E-state index contributed by atoms with van der Waals surface area (Å²) < 4.78 is 3.53. The Morgan fingerprint density at radius 2 is 1.06 bits per heavy atom. The quantitative estimate of drug-likeness (QED) is 0.210. The molecule has 0 N–H and O–H groups in total. The highest BCUT2D eigenvalue weighted by atomic mass is 79.9. The Labute approximate surface area is 193 Å². The first-order valence-corrected chi connectivity index (χ1v) is 11.6. The molecule has 0 atom stereocenters. The predicted molar refractivity (Wildman–Crippen MR) is 141 cm³/mol. The maximum atomic E-state index is 3.60. The average molecular weight is 472 g/mol. The van der Waals surface area contributed by atoms with E-state index in [2.05, 4.69) is 130 Å². The lowest BCUT2D eigenvalue weighted by Crippen LogP contribution is -1.94. The van der Waals surface area contributed by atoms with E-state index in [1.54, 1.807) is 0 Å². The molecule has 2 heteroatoms. The van der Waals surface area contributed by atoms with Crippen molar-refractivity contribution >= 4 is 70.1 Å². The molecule has 0 bridgehead atoms. The van der Waals surface area contributed by atoms with E-state index in [0.717, 1.165) is 4.47 Å². The molecule has 0 unspecified atom stereocenters. The molecule has 0 saturated heterocycles. The highest BCUT2D eigenvalue weighted by molar-refractivity contribution is 9.10. The van der Waals surface area contributed by atoms with Gasteiger partial charge in [-0.05, 0) is 57.3 Å². The van der Waals surface area contributed by atoms with Gasteiger partial charge in [-0.15, -0.1) is 0 Å². The molecule has 1 heterocycles. The van der Waals surface area contributed by atoms with Gasteiger partial charge in [0, 0.05) is 26.3 Å². The highest BCUT2D eigenvalue weighted by Crippen LogP contribution is 2.44. The van der Waals surface area contributed by atoms with Gasteiger partial charge in [0.1, 0.15) is 0 Å². The summed E-state index contributed by atoms with van der Waals surface area (Å²) in [5.74, 6) is 0. The van der Waals surface area contributed by atoms with Crippen LogP contribution >= 0.6 is 15.9 Å². The van der Waals surface area contributed by atoms with Crippen LogP contribution in [0.4, 0.5) is 0 Å². The summed E-state index contributed by atoms with van der Waals surface area (Å²) in [5, 5.41) is 10.4. The second-order valence-electron chi connectivity index (χ2n) is 8.31. The first-order chi connectivity index (χ1) is 15.8. The van der Waals surface area contributed by atoms with Crippen LogP contribution in [0, 0.1) is 0 Å². The fraction of sp³-hybridized carbons (Fsp3) is 0. The summed E-state index contributed by atoms with van der Waals surface area (Å²) in [5.41, 5.74) is 3.68. The maximum Gasteiger partial charge on any atom is 0.0626 e. The minimum Gasteiger partial charge on any atom is -0.309 e. The van der Waals surface area contributed by atoms with Crippen molar-refractivity contribution in [1.82, 2.24) is 4.57 Å². The van der Waals surface area contributed by atoms with Crippen LogP contribution in [0.2, 0.25) is 0 Å². The Kier molecular flexibility index (Phi) is 3.76. The predicted octanol–water partition coefficient (Wildman–Crippen LogP) is 9.01. The summed E-state index contributed by atoms with van der Waals surface area (Å²) >= 11 is 3.60. The van der Waals surface area contributed by atoms with Gasteiger partial charge in [-0.3, -0.25) is 0 Å². The Morgan fingerprint density at radius 3 is 1.81 bits per heavy atom. The number of nitrogens with zero attached hydrogens (tertiary/aromatic N) is 1. The number of aromatic nitrogens is 1. The van der Waals surface area contributed by atoms with Gasteiger partial charge in [0.15, 0.2) is 0 Å². The molecule has 0 amide bonds. The van der Waals surface area contributed by atoms with Crippen LogP contribution in [0.1, 0.15) is 0 Å². The Morgan fingerprint density at radius 1 is 0.469 bits per heavy atom. The third-order valence-corrected chi connectivity index (χ3v) is 7.14. The number of benzene rings is 6. The molecule has 1 aromatic heterocycles. The number of fused-ring (bicyclic) bond motifs is 10. The van der Waals surface area contributed by atoms with E-state index < -0.39 is 0 Å². The van der Waals surface area contributed by atoms with Crippen molar-refractivity contribution < 1.29 is 0 Å². The molecule has 0 radical (unpaired) electrons. The van der Waals surface area contributed by atoms with Gasteiger partial charge >= 0.3 is 0 Å². The second kappa shape index (κ2) is 6.69. The van der Waals surface area contributed by atoms with Crippen LogP contribution in [-0.4, -0.2) is 4.57 Å². The largest absolute Gasteiger partial charge is 0.309 e. The van der Waals surface area contributed by atoms with E-state index >= 15 is 0 Å². The summed E-state index contributed by atoms with van der Waals surface area (Å²) in [7, 11) is 0. The summed E-state index contributed by atoms with van der Waals surface area (Å²) in [4.78, 5) is 0. The van der Waals surface area contributed by atoms with Crippen LogP contribution in [0.25, 0.3) is 59.8 Å². The van der Waals surface area contributed by atoms with E-state index in [1.807, 2.05) is 0 Å². The molecule has 7 rings (SSSR count). The lowest BCUT2D eigenvalue weighted by molar-refractivity contribution is 1.19. The summed E-state index contributed by atoms with van der Waals surface area (Å²) in [6.07, 6.45) is 0. The van der Waals surface area contributed by atoms with Crippen LogP contribution in [0.3, 0.4) is 0 Å². The first-order valence-electron chi connectivity index (χ1n) is 10.8. The minimum absolute atomic E-state index is 1.09. The molecule has 0 fully saturated rings. The van der Waals surface area contributed by atoms with Gasteiger partial charge in [-0.1, -0.05) is 94.8 Å². The molecule has 0 aliphatic heterocycles. The Balaban J connectivity index is 1.88. The molecule has 6 aromatic carbocycles. The van der Waals surface area contributed by atoms with E-state index in [1.165, 1.54) is 59.8 Å². The molecular formula is C30H18BrN. The second-order valence-corrected chi connectivity index (χ2v) is 9.22. The number of rotatable bonds is 1. The molecule has 7 aromatic rings. The van der Waals surface area contributed by atoms with E-state index in [4.69, 9.17) is 0 Å². The summed E-state index contributed by atoms with van der Waals surface area (Å²) in [6.45, 7) is 0. The van der Waals surface area contributed by atoms with Crippen molar-refractivity contribution in [1.29, 1.82) is 0 Å². The topological polar surface area (TPSA) is 4.93 Å². The van der Waals surface area contributed by atoms with Crippen molar-refractivity contribution in [3.8, 4) is 5.69 Å². The molecule has 0 aliphatic carbocycles. The van der Waals surface area contributed by atoms with Crippen molar-refractivity contribution in [3.05, 3.63) is 114 Å². The SMILES string of the molecule is Brc1ccc(-n2c3ccc4ccccc4c3c3c4ccccc4c4ccccc4c32)cc1. The molecule has 0 spiro atoms. The highest BCUT2D eigenvalue weighted by Gasteiger charge is 2.20. The van der Waals surface area contributed by atoms with Crippen molar-refractivity contribution in [2.24, 2.45) is 0 Å². The van der Waals surface area contributed by atoms with Crippen LogP contribution in [-0.2, 0) is 0 Å². The van der Waals surface area contributed by atoms with E-state index in [-0.39, 0.29) is 0 Å². The monoisotopic (exact) mass is 471 g/mol. The number of hydrogen-bond donors (Lipinski definition) is 0. The Bertz CT molecular complexity index is 1820. The van der Waals surface area contributed by atoms with Gasteiger partial charge in [0.25, 0.3) is 0 Å². The Hall–Kier alpha value is -3.62. The zero-order valence-corrected chi connectivity index (χ0v) is 18.8. The minimum atomic E-state index is 1.09. The van der Waals surface area contributed by atoms with Crippen LogP contribution in [0.5, 0.6) is 0 Å². The van der Waals surface area contributed by atoms with Crippen molar-refractivity contribution in [3.63, 3.8) is 0 Å². The first kappa shape index (κ1) is 18.0. The fourth-order valence-corrected chi connectivity index (χ4v) is 5.56. The zero-order chi connectivity index (χ0) is 21.2. The smallest absolute Gasteiger partial charge is 0.0626 e. The molecule has 0 saturated carbocycles. The lowest BCUT2D eigenvalue weighted by Gasteiger charge is -2.12. The van der Waals surface area contributed by atoms with Crippen LogP contribution < -0.4 is 0 Å². The number of halogens is 1. The van der Waals surface area contributed by atoms with E-state index in [0.29, 0.717) is 0 Å². The normalized spacial score (nSPS) is 11.9. The van der Waals surface area contributed by atoms with Crippen molar-refractivity contribution in [2.45, 2.75) is 0 Å². The van der Waals surface area contributed by atoms with Crippen molar-refractivity contribution in [2.75, 3.05) is 0 Å². The third kappa shape index (κ3) is 2.39. The average Bonchev–Trinajstić information content (AvgIpc) is 3.21. The maximum absolute atomic E-state index is 3.60. The third-order valence-electron chi connectivity index (χ3n) is 6.61. The molecular weight excluding hydrogens is 454 g/mol. The molecule has 150 valence electrons. The van der Waals surface area contributed by atoms with Crippen LogP contribution in [0.15, 0.2) is 114 Å². The lowest BCUT2D eigenvalue weighted by atomic mass is 9.95. The zero-order valence-electron chi connectivity index (χ0n) is 17.2. The van der Waals surface area contributed by atoms with Gasteiger partial charge in [0.2, 0.25) is 0 Å². The van der Waals surface area contributed by atoms with E-state index in [9.17, 15) is 0 Å². The standard InChI is InChI=1S/C30H18BrN/c31-20-14-16-21(17-15-20)32-27-18-13-19-7-1-2-8-22(19)28(27)29-25-11-5-3-9-23(25)24-10-4-6-12-26(24)30(29)32/h1-18H. The fourth-order valence-electron chi connectivity index (χ4n) is 5.30. The molecule has 0 aliphatic rings. The van der Waals surface area contributed by atoms with Gasteiger partial charge in [-0.25, -0.2) is 0 Å². The van der Waals surface area contributed by atoms with Gasteiger partial charge in [0.05, 0.1) is 11.0 Å². The number of hydrogen-bond acceptors (Lipinski definition) is 0.